The van der Waals surface area contributed by atoms with Crippen LogP contribution in [0.15, 0.2) is 54.6 Å². The Balaban J connectivity index is 1.92. The Hall–Kier alpha value is -2.93. The van der Waals surface area contributed by atoms with Crippen LogP contribution in [0.4, 0.5) is 0 Å². The molecule has 1 heterocycles. The molecule has 0 aliphatic rings. The van der Waals surface area contributed by atoms with Gasteiger partial charge >= 0.3 is 0 Å². The minimum atomic E-state index is 0.931. The third kappa shape index (κ3) is 4.67. The Bertz CT molecular complexity index is 958. The Morgan fingerprint density at radius 3 is 1.50 bits per heavy atom. The van der Waals surface area contributed by atoms with Crippen LogP contribution in [0.3, 0.4) is 0 Å². The van der Waals surface area contributed by atoms with Crippen LogP contribution < -0.4 is 4.57 Å². The Morgan fingerprint density at radius 1 is 0.643 bits per heavy atom. The van der Waals surface area contributed by atoms with E-state index < -0.39 is 0 Å². The fourth-order valence-electron chi connectivity index (χ4n) is 3.61. The molecule has 0 radical (unpaired) electrons. The lowest BCUT2D eigenvalue weighted by molar-refractivity contribution is -0.696. The third-order valence-electron chi connectivity index (χ3n) is 5.19. The summed E-state index contributed by atoms with van der Waals surface area (Å²) in [6.45, 7) is 11.7. The van der Waals surface area contributed by atoms with Gasteiger partial charge in [0.15, 0.2) is 0 Å². The quantitative estimate of drug-likeness (QED) is 0.449. The van der Waals surface area contributed by atoms with E-state index in [2.05, 4.69) is 118 Å². The molecule has 1 aromatic heterocycles. The molecule has 28 heavy (non-hydrogen) atoms. The van der Waals surface area contributed by atoms with Crippen molar-refractivity contribution in [2.75, 3.05) is 0 Å². The Kier molecular flexibility index (Phi) is 6.26. The fourth-order valence-corrected chi connectivity index (χ4v) is 3.61. The van der Waals surface area contributed by atoms with Crippen LogP contribution in [-0.4, -0.2) is 0 Å². The SMILES string of the molecule is CC[n+]1c(/C=C/c2ccc(C)cc2C)cccc1/C=C/c1ccc(C)cc1C. The van der Waals surface area contributed by atoms with Gasteiger partial charge in [0.1, 0.15) is 6.54 Å². The lowest BCUT2D eigenvalue weighted by Crippen LogP contribution is -2.38. The van der Waals surface area contributed by atoms with Gasteiger partial charge in [0.25, 0.3) is 0 Å². The summed E-state index contributed by atoms with van der Waals surface area (Å²) in [7, 11) is 0. The third-order valence-corrected chi connectivity index (χ3v) is 5.19. The molecule has 3 aromatic rings. The normalized spacial score (nSPS) is 11.6. The zero-order valence-corrected chi connectivity index (χ0v) is 17.7. The molecule has 0 fully saturated rings. The van der Waals surface area contributed by atoms with Crippen molar-refractivity contribution in [2.24, 2.45) is 0 Å². The van der Waals surface area contributed by atoms with E-state index in [1.165, 1.54) is 44.8 Å². The summed E-state index contributed by atoms with van der Waals surface area (Å²) in [5.74, 6) is 0. The highest BCUT2D eigenvalue weighted by atomic mass is 15.0. The van der Waals surface area contributed by atoms with Crippen LogP contribution >= 0.6 is 0 Å². The lowest BCUT2D eigenvalue weighted by Gasteiger charge is -2.04. The molecule has 0 N–H and O–H groups in total. The number of rotatable bonds is 5. The molecular weight excluding hydrogens is 338 g/mol. The van der Waals surface area contributed by atoms with Gasteiger partial charge in [0, 0.05) is 24.3 Å². The first kappa shape index (κ1) is 19.8. The first-order chi connectivity index (χ1) is 13.5. The van der Waals surface area contributed by atoms with E-state index >= 15 is 0 Å². The monoisotopic (exact) mass is 368 g/mol. The maximum Gasteiger partial charge on any atom is 0.205 e. The zero-order chi connectivity index (χ0) is 20.1. The first-order valence-corrected chi connectivity index (χ1v) is 10.0. The zero-order valence-electron chi connectivity index (χ0n) is 17.7. The minimum Gasteiger partial charge on any atom is -0.193 e. The Morgan fingerprint density at radius 2 is 1.11 bits per heavy atom. The van der Waals surface area contributed by atoms with Crippen molar-refractivity contribution < 1.29 is 4.57 Å². The standard InChI is InChI=1S/C27H30N/c1-6-28-26(16-14-24-12-10-20(2)18-22(24)4)8-7-9-27(28)17-15-25-13-11-21(3)19-23(25)5/h7-19H,6H2,1-5H3/q+1/b16-14+,17-15+. The molecule has 0 bridgehead atoms. The van der Waals surface area contributed by atoms with Crippen molar-refractivity contribution in [3.8, 4) is 0 Å². The highest BCUT2D eigenvalue weighted by Gasteiger charge is 2.10. The first-order valence-electron chi connectivity index (χ1n) is 10.0. The summed E-state index contributed by atoms with van der Waals surface area (Å²) in [5.41, 5.74) is 10.2. The topological polar surface area (TPSA) is 3.88 Å². The van der Waals surface area contributed by atoms with Gasteiger partial charge in [-0.05, 0) is 75.1 Å². The maximum absolute atomic E-state index is 2.35. The molecule has 1 nitrogen and oxygen atoms in total. The molecule has 3 rings (SSSR count). The molecule has 0 unspecified atom stereocenters. The van der Waals surface area contributed by atoms with Gasteiger partial charge in [0.05, 0.1) is 0 Å². The van der Waals surface area contributed by atoms with E-state index in [1.807, 2.05) is 0 Å². The van der Waals surface area contributed by atoms with E-state index in [0.717, 1.165) is 6.54 Å². The lowest BCUT2D eigenvalue weighted by atomic mass is 10.0. The van der Waals surface area contributed by atoms with Crippen molar-refractivity contribution in [1.29, 1.82) is 0 Å². The number of pyridine rings is 1. The van der Waals surface area contributed by atoms with Gasteiger partial charge in [-0.2, -0.15) is 4.57 Å². The highest BCUT2D eigenvalue weighted by Crippen LogP contribution is 2.16. The van der Waals surface area contributed by atoms with Crippen LogP contribution in [-0.2, 0) is 6.54 Å². The summed E-state index contributed by atoms with van der Waals surface area (Å²) < 4.78 is 2.35. The van der Waals surface area contributed by atoms with Crippen LogP contribution in [0.5, 0.6) is 0 Å². The predicted octanol–water partition coefficient (Wildman–Crippen LogP) is 6.57. The van der Waals surface area contributed by atoms with Gasteiger partial charge in [-0.3, -0.25) is 0 Å². The van der Waals surface area contributed by atoms with Gasteiger partial charge < -0.3 is 0 Å². The average Bonchev–Trinajstić information content (AvgIpc) is 2.66. The second-order valence-electron chi connectivity index (χ2n) is 7.51. The molecule has 0 spiro atoms. The van der Waals surface area contributed by atoms with Crippen molar-refractivity contribution in [3.05, 3.63) is 99.4 Å². The van der Waals surface area contributed by atoms with Crippen molar-refractivity contribution in [1.82, 2.24) is 0 Å². The molecule has 0 aliphatic heterocycles. The molecular formula is C27H30N+. The van der Waals surface area contributed by atoms with Crippen molar-refractivity contribution in [3.63, 3.8) is 0 Å². The molecule has 1 heteroatoms. The van der Waals surface area contributed by atoms with E-state index in [1.54, 1.807) is 0 Å². The maximum atomic E-state index is 2.35. The van der Waals surface area contributed by atoms with Gasteiger partial charge in [-0.15, -0.1) is 0 Å². The molecule has 0 aliphatic carbocycles. The summed E-state index contributed by atoms with van der Waals surface area (Å²) in [6.07, 6.45) is 8.87. The van der Waals surface area contributed by atoms with E-state index in [-0.39, 0.29) is 0 Å². The largest absolute Gasteiger partial charge is 0.205 e. The molecule has 0 atom stereocenters. The molecule has 2 aromatic carbocycles. The van der Waals surface area contributed by atoms with Crippen LogP contribution in [0.1, 0.15) is 51.7 Å². The van der Waals surface area contributed by atoms with Gasteiger partial charge in [-0.25, -0.2) is 0 Å². The summed E-state index contributed by atoms with van der Waals surface area (Å²) in [4.78, 5) is 0. The summed E-state index contributed by atoms with van der Waals surface area (Å²) >= 11 is 0. The summed E-state index contributed by atoms with van der Waals surface area (Å²) in [5, 5.41) is 0. The molecule has 0 saturated carbocycles. The molecule has 0 saturated heterocycles. The molecule has 142 valence electrons. The number of hydrogen-bond acceptors (Lipinski definition) is 0. The predicted molar refractivity (Wildman–Crippen MR) is 122 cm³/mol. The highest BCUT2D eigenvalue weighted by molar-refractivity contribution is 5.71. The van der Waals surface area contributed by atoms with Crippen LogP contribution in [0.2, 0.25) is 0 Å². The van der Waals surface area contributed by atoms with Crippen LogP contribution in [0.25, 0.3) is 24.3 Å². The average molecular weight is 369 g/mol. The number of nitrogens with zero attached hydrogens (tertiary/aromatic N) is 1. The van der Waals surface area contributed by atoms with E-state index in [0.29, 0.717) is 0 Å². The van der Waals surface area contributed by atoms with E-state index in [4.69, 9.17) is 0 Å². The minimum absolute atomic E-state index is 0.931. The van der Waals surface area contributed by atoms with E-state index in [9.17, 15) is 0 Å². The fraction of sp³-hybridized carbons (Fsp3) is 0.222. The Labute approximate surface area is 169 Å². The van der Waals surface area contributed by atoms with Gasteiger partial charge in [-0.1, -0.05) is 47.5 Å². The second-order valence-corrected chi connectivity index (χ2v) is 7.51. The number of aromatic nitrogens is 1. The smallest absolute Gasteiger partial charge is 0.193 e. The van der Waals surface area contributed by atoms with Crippen molar-refractivity contribution in [2.45, 2.75) is 41.2 Å². The number of benzene rings is 2. The van der Waals surface area contributed by atoms with Crippen molar-refractivity contribution >= 4 is 24.3 Å². The second kappa shape index (κ2) is 8.84. The summed E-state index contributed by atoms with van der Waals surface area (Å²) in [6, 6.07) is 19.7. The molecule has 0 amide bonds. The van der Waals surface area contributed by atoms with Crippen LogP contribution in [0, 0.1) is 27.7 Å². The van der Waals surface area contributed by atoms with Gasteiger partial charge in [0.2, 0.25) is 11.4 Å². The number of hydrogen-bond donors (Lipinski definition) is 0. The number of aryl methyl sites for hydroxylation is 4.